The smallest absolute Gasteiger partial charge is 0.109 e. The maximum atomic E-state index is 5.28. The Kier molecular flexibility index (Phi) is 5.37. The van der Waals surface area contributed by atoms with Gasteiger partial charge in [0.25, 0.3) is 0 Å². The van der Waals surface area contributed by atoms with Crippen molar-refractivity contribution in [1.29, 1.82) is 0 Å². The van der Waals surface area contributed by atoms with Crippen molar-refractivity contribution < 1.29 is 4.74 Å². The second-order valence-electron chi connectivity index (χ2n) is 0.922. The van der Waals surface area contributed by atoms with Gasteiger partial charge in [0, 0.05) is 12.3 Å². The molecule has 1 nitrogen and oxygen atoms in total. The molecule has 0 unspecified atom stereocenters. The summed E-state index contributed by atoms with van der Waals surface area (Å²) in [6.07, 6.45) is 3.12. The molecular weight excluding hydrogens is 112 g/mol. The minimum atomic E-state index is 0.580. The summed E-state index contributed by atoms with van der Waals surface area (Å²) in [5, 5.41) is 0. The Morgan fingerprint density at radius 1 is 1.71 bits per heavy atom. The molecule has 0 N–H and O–H groups in total. The predicted molar refractivity (Wildman–Crippen MR) is 30.1 cm³/mol. The fourth-order valence-corrected chi connectivity index (χ4v) is 0.265. The molecule has 0 radical (unpaired) electrons. The lowest BCUT2D eigenvalue weighted by Crippen LogP contribution is -1.68. The van der Waals surface area contributed by atoms with Crippen molar-refractivity contribution in [3.05, 3.63) is 0 Å². The van der Waals surface area contributed by atoms with Crippen LogP contribution in [0.1, 0.15) is 6.42 Å². The number of methoxy groups -OCH3 is 1. The van der Waals surface area contributed by atoms with E-state index < -0.39 is 0 Å². The molecule has 0 rings (SSSR count). The molecule has 0 fully saturated rings. The summed E-state index contributed by atoms with van der Waals surface area (Å²) in [4.78, 5) is 0. The van der Waals surface area contributed by atoms with E-state index in [0.29, 0.717) is 12.3 Å². The molecular formula is C5H7ClO. The van der Waals surface area contributed by atoms with Gasteiger partial charge >= 0.3 is 0 Å². The van der Waals surface area contributed by atoms with Gasteiger partial charge in [-0.2, -0.15) is 0 Å². The van der Waals surface area contributed by atoms with Gasteiger partial charge in [-0.1, -0.05) is 5.92 Å². The van der Waals surface area contributed by atoms with Gasteiger partial charge in [-0.05, 0) is 0 Å². The number of ether oxygens (including phenoxy) is 1. The van der Waals surface area contributed by atoms with Crippen LogP contribution < -0.4 is 0 Å². The van der Waals surface area contributed by atoms with Gasteiger partial charge in [0.2, 0.25) is 0 Å². The van der Waals surface area contributed by atoms with Gasteiger partial charge in [0.15, 0.2) is 0 Å². The van der Waals surface area contributed by atoms with Gasteiger partial charge < -0.3 is 4.74 Å². The molecule has 0 atom stereocenters. The molecule has 0 aromatic heterocycles. The molecule has 0 heterocycles. The summed E-state index contributed by atoms with van der Waals surface area (Å²) >= 11 is 5.28. The van der Waals surface area contributed by atoms with Crippen molar-refractivity contribution >= 4 is 11.6 Å². The largest absolute Gasteiger partial charge is 0.450 e. The molecule has 0 bridgehead atoms. The molecule has 0 amide bonds. The van der Waals surface area contributed by atoms with E-state index in [1.54, 1.807) is 0 Å². The minimum absolute atomic E-state index is 0.580. The van der Waals surface area contributed by atoms with Crippen molar-refractivity contribution in [2.75, 3.05) is 13.0 Å². The second kappa shape index (κ2) is 5.65. The van der Waals surface area contributed by atoms with Gasteiger partial charge in [-0.3, -0.25) is 0 Å². The third-order valence-electron chi connectivity index (χ3n) is 0.394. The zero-order valence-corrected chi connectivity index (χ0v) is 4.96. The lowest BCUT2D eigenvalue weighted by atomic mass is 10.5. The number of hydrogen-bond donors (Lipinski definition) is 0. The van der Waals surface area contributed by atoms with E-state index in [1.807, 2.05) is 0 Å². The lowest BCUT2D eigenvalue weighted by Gasteiger charge is -1.75. The zero-order chi connectivity index (χ0) is 5.54. The SMILES string of the molecule is COC#CCCCl. The Morgan fingerprint density at radius 2 is 2.43 bits per heavy atom. The first kappa shape index (κ1) is 6.65. The van der Waals surface area contributed by atoms with Crippen LogP contribution in [0.2, 0.25) is 0 Å². The molecule has 7 heavy (non-hydrogen) atoms. The Labute approximate surface area is 48.6 Å². The predicted octanol–water partition coefficient (Wildman–Crippen LogP) is 1.22. The van der Waals surface area contributed by atoms with Crippen molar-refractivity contribution in [2.24, 2.45) is 0 Å². The van der Waals surface area contributed by atoms with Crippen LogP contribution >= 0.6 is 11.6 Å². The van der Waals surface area contributed by atoms with E-state index in [2.05, 4.69) is 16.8 Å². The quantitative estimate of drug-likeness (QED) is 0.372. The van der Waals surface area contributed by atoms with Crippen LogP contribution in [-0.4, -0.2) is 13.0 Å². The maximum Gasteiger partial charge on any atom is 0.109 e. The summed E-state index contributed by atoms with van der Waals surface area (Å²) in [6.45, 7) is 0. The van der Waals surface area contributed by atoms with E-state index in [4.69, 9.17) is 11.6 Å². The molecule has 0 aliphatic heterocycles. The summed E-state index contributed by atoms with van der Waals surface area (Å²) in [5.74, 6) is 3.26. The Morgan fingerprint density at radius 3 is 2.86 bits per heavy atom. The number of hydrogen-bond acceptors (Lipinski definition) is 1. The van der Waals surface area contributed by atoms with Gasteiger partial charge in [-0.15, -0.1) is 11.6 Å². The highest BCUT2D eigenvalue weighted by atomic mass is 35.5. The maximum absolute atomic E-state index is 5.28. The topological polar surface area (TPSA) is 9.23 Å². The van der Waals surface area contributed by atoms with Crippen LogP contribution in [0.15, 0.2) is 0 Å². The van der Waals surface area contributed by atoms with Crippen molar-refractivity contribution in [1.82, 2.24) is 0 Å². The zero-order valence-electron chi connectivity index (χ0n) is 4.20. The summed E-state index contributed by atoms with van der Waals surface area (Å²) in [7, 11) is 1.53. The van der Waals surface area contributed by atoms with Crippen LogP contribution in [0.5, 0.6) is 0 Å². The average Bonchev–Trinajstić information content (AvgIpc) is 1.69. The van der Waals surface area contributed by atoms with Gasteiger partial charge in [-0.25, -0.2) is 0 Å². The highest BCUT2D eigenvalue weighted by Crippen LogP contribution is 1.78. The Hall–Kier alpha value is -0.350. The molecule has 2 heteroatoms. The van der Waals surface area contributed by atoms with Crippen LogP contribution in [-0.2, 0) is 4.74 Å². The summed E-state index contributed by atoms with van der Waals surface area (Å²) in [6, 6.07) is 0. The number of halogens is 1. The van der Waals surface area contributed by atoms with E-state index in [9.17, 15) is 0 Å². The highest BCUT2D eigenvalue weighted by molar-refractivity contribution is 6.17. The fraction of sp³-hybridized carbons (Fsp3) is 0.600. The molecule has 0 saturated carbocycles. The highest BCUT2D eigenvalue weighted by Gasteiger charge is 1.68. The van der Waals surface area contributed by atoms with Crippen LogP contribution in [0.3, 0.4) is 0 Å². The average molecular weight is 119 g/mol. The van der Waals surface area contributed by atoms with Gasteiger partial charge in [0.05, 0.1) is 7.11 Å². The third kappa shape index (κ3) is 5.65. The standard InChI is InChI=1S/C5H7ClO/c1-7-5-3-2-4-6/h2,4H2,1H3. The van der Waals surface area contributed by atoms with E-state index >= 15 is 0 Å². The van der Waals surface area contributed by atoms with Crippen molar-refractivity contribution in [2.45, 2.75) is 6.42 Å². The summed E-state index contributed by atoms with van der Waals surface area (Å²) < 4.78 is 4.42. The first-order chi connectivity index (χ1) is 3.41. The van der Waals surface area contributed by atoms with Gasteiger partial charge in [0.1, 0.15) is 6.11 Å². The third-order valence-corrected chi connectivity index (χ3v) is 0.583. The summed E-state index contributed by atoms with van der Waals surface area (Å²) in [5.41, 5.74) is 0. The number of rotatable bonds is 1. The Balaban J connectivity index is 2.91. The minimum Gasteiger partial charge on any atom is -0.450 e. The lowest BCUT2D eigenvalue weighted by molar-refractivity contribution is 0.371. The molecule has 0 saturated heterocycles. The van der Waals surface area contributed by atoms with Crippen LogP contribution in [0.4, 0.5) is 0 Å². The molecule has 0 aromatic rings. The first-order valence-electron chi connectivity index (χ1n) is 1.98. The normalized spacial score (nSPS) is 6.57. The fourth-order valence-electron chi connectivity index (χ4n) is 0.170. The van der Waals surface area contributed by atoms with Crippen molar-refractivity contribution in [3.63, 3.8) is 0 Å². The first-order valence-corrected chi connectivity index (χ1v) is 2.52. The van der Waals surface area contributed by atoms with E-state index in [1.165, 1.54) is 7.11 Å². The molecule has 0 aliphatic rings. The van der Waals surface area contributed by atoms with Crippen molar-refractivity contribution in [3.8, 4) is 12.0 Å². The Bertz CT molecular complexity index is 79.8. The van der Waals surface area contributed by atoms with Crippen LogP contribution in [0.25, 0.3) is 0 Å². The second-order valence-corrected chi connectivity index (χ2v) is 1.30. The molecule has 0 aliphatic carbocycles. The molecule has 40 valence electrons. The number of alkyl halides is 1. The molecule has 0 aromatic carbocycles. The van der Waals surface area contributed by atoms with E-state index in [0.717, 1.165) is 0 Å². The monoisotopic (exact) mass is 118 g/mol. The van der Waals surface area contributed by atoms with E-state index in [-0.39, 0.29) is 0 Å². The molecule has 0 spiro atoms. The van der Waals surface area contributed by atoms with Crippen LogP contribution in [0, 0.1) is 12.0 Å².